The lowest BCUT2D eigenvalue weighted by atomic mass is 10.1. The van der Waals surface area contributed by atoms with Crippen molar-refractivity contribution in [3.05, 3.63) is 24.3 Å². The molecule has 0 aliphatic rings. The molecule has 6 nitrogen and oxygen atoms in total. The van der Waals surface area contributed by atoms with Crippen LogP contribution in [0.3, 0.4) is 0 Å². The van der Waals surface area contributed by atoms with Gasteiger partial charge in [0.1, 0.15) is 0 Å². The van der Waals surface area contributed by atoms with Crippen LogP contribution >= 0.6 is 0 Å². The standard InChI is InChI=1S/C18H32N2O4S2/c1-2-3-4-5-6-7-8-9-10-11-16-25(21,22)20-26(23,24)18-14-12-17(19)13-15-18/h12-15,20H,2-11,16,19H2,1H3. The predicted octanol–water partition coefficient (Wildman–Crippen LogP) is 3.80. The van der Waals surface area contributed by atoms with Crippen molar-refractivity contribution in [1.82, 2.24) is 4.13 Å². The molecule has 0 aliphatic heterocycles. The smallest absolute Gasteiger partial charge is 0.253 e. The van der Waals surface area contributed by atoms with Gasteiger partial charge in [-0.05, 0) is 30.7 Å². The van der Waals surface area contributed by atoms with Gasteiger partial charge in [-0.3, -0.25) is 0 Å². The van der Waals surface area contributed by atoms with Crippen molar-refractivity contribution in [2.24, 2.45) is 0 Å². The van der Waals surface area contributed by atoms with E-state index in [9.17, 15) is 16.8 Å². The Morgan fingerprint density at radius 1 is 0.769 bits per heavy atom. The molecule has 0 saturated heterocycles. The SMILES string of the molecule is CCCCCCCCCCCCS(=O)(=O)NS(=O)(=O)c1ccc(N)cc1. The molecule has 1 aromatic rings. The van der Waals surface area contributed by atoms with Crippen molar-refractivity contribution in [3.63, 3.8) is 0 Å². The Balaban J connectivity index is 2.26. The third kappa shape index (κ3) is 9.54. The van der Waals surface area contributed by atoms with E-state index >= 15 is 0 Å². The monoisotopic (exact) mass is 404 g/mol. The zero-order chi connectivity index (χ0) is 19.5. The van der Waals surface area contributed by atoms with Crippen LogP contribution in [-0.4, -0.2) is 22.6 Å². The van der Waals surface area contributed by atoms with E-state index in [0.717, 1.165) is 19.3 Å². The summed E-state index contributed by atoms with van der Waals surface area (Å²) < 4.78 is 50.0. The maximum Gasteiger partial charge on any atom is 0.253 e. The second kappa shape index (κ2) is 11.6. The van der Waals surface area contributed by atoms with Gasteiger partial charge in [-0.1, -0.05) is 64.7 Å². The van der Waals surface area contributed by atoms with Crippen LogP contribution in [0, 0.1) is 0 Å². The van der Waals surface area contributed by atoms with Crippen LogP contribution in [0.4, 0.5) is 5.69 Å². The number of hydrogen-bond donors (Lipinski definition) is 2. The van der Waals surface area contributed by atoms with E-state index in [4.69, 9.17) is 5.73 Å². The van der Waals surface area contributed by atoms with Gasteiger partial charge in [0.25, 0.3) is 10.0 Å². The summed E-state index contributed by atoms with van der Waals surface area (Å²) >= 11 is 0. The minimum Gasteiger partial charge on any atom is -0.399 e. The van der Waals surface area contributed by atoms with Crippen LogP contribution in [0.5, 0.6) is 0 Å². The summed E-state index contributed by atoms with van der Waals surface area (Å²) in [5.74, 6) is -0.183. The summed E-state index contributed by atoms with van der Waals surface area (Å²) in [6, 6.07) is 5.41. The Morgan fingerprint density at radius 2 is 1.23 bits per heavy atom. The first-order chi connectivity index (χ1) is 12.3. The van der Waals surface area contributed by atoms with Crippen molar-refractivity contribution in [3.8, 4) is 0 Å². The number of anilines is 1. The normalized spacial score (nSPS) is 12.3. The first kappa shape index (κ1) is 22.9. The number of hydrogen-bond acceptors (Lipinski definition) is 5. The van der Waals surface area contributed by atoms with Crippen LogP contribution in [0.15, 0.2) is 29.2 Å². The third-order valence-corrected chi connectivity index (χ3v) is 7.81. The maximum absolute atomic E-state index is 12.1. The molecule has 26 heavy (non-hydrogen) atoms. The lowest BCUT2D eigenvalue weighted by molar-refractivity contribution is 0.555. The highest BCUT2D eigenvalue weighted by atomic mass is 32.3. The van der Waals surface area contributed by atoms with Crippen LogP contribution in [-0.2, 0) is 20.0 Å². The Hall–Kier alpha value is -1.12. The van der Waals surface area contributed by atoms with Crippen molar-refractivity contribution >= 4 is 25.7 Å². The fraction of sp³-hybridized carbons (Fsp3) is 0.667. The molecule has 0 radical (unpaired) electrons. The average Bonchev–Trinajstić information content (AvgIpc) is 2.56. The van der Waals surface area contributed by atoms with Gasteiger partial charge in [0.15, 0.2) is 0 Å². The Kier molecular flexibility index (Phi) is 10.2. The lowest BCUT2D eigenvalue weighted by Gasteiger charge is -2.08. The molecule has 1 aromatic carbocycles. The van der Waals surface area contributed by atoms with Crippen LogP contribution in [0.25, 0.3) is 0 Å². The highest BCUT2D eigenvalue weighted by Crippen LogP contribution is 2.14. The fourth-order valence-corrected chi connectivity index (χ4v) is 5.82. The number of nitrogens with one attached hydrogen (secondary N) is 1. The lowest BCUT2D eigenvalue weighted by Crippen LogP contribution is -2.32. The summed E-state index contributed by atoms with van der Waals surface area (Å²) in [6.07, 6.45) is 10.9. The van der Waals surface area contributed by atoms with Crippen LogP contribution in [0.1, 0.15) is 71.1 Å². The topological polar surface area (TPSA) is 106 Å². The highest BCUT2D eigenvalue weighted by Gasteiger charge is 2.22. The Labute approximate surface area is 158 Å². The summed E-state index contributed by atoms with van der Waals surface area (Å²) in [5.41, 5.74) is 5.92. The molecule has 0 saturated carbocycles. The minimum absolute atomic E-state index is 0.113. The molecular formula is C18H32N2O4S2. The van der Waals surface area contributed by atoms with Gasteiger partial charge in [-0.15, -0.1) is 4.13 Å². The number of sulfonamides is 2. The first-order valence-corrected chi connectivity index (χ1v) is 12.5. The second-order valence-electron chi connectivity index (χ2n) is 6.66. The molecule has 0 aliphatic carbocycles. The molecule has 0 spiro atoms. The number of nitrogens with two attached hydrogens (primary N) is 1. The van der Waals surface area contributed by atoms with Crippen LogP contribution < -0.4 is 9.86 Å². The summed E-state index contributed by atoms with van der Waals surface area (Å²) in [5, 5.41) is 0. The van der Waals surface area contributed by atoms with Crippen molar-refractivity contribution in [2.75, 3.05) is 11.5 Å². The first-order valence-electron chi connectivity index (χ1n) is 9.38. The van der Waals surface area contributed by atoms with Gasteiger partial charge < -0.3 is 5.73 Å². The van der Waals surface area contributed by atoms with E-state index in [1.165, 1.54) is 62.8 Å². The Bertz CT molecular complexity index is 714. The average molecular weight is 405 g/mol. The molecule has 0 unspecified atom stereocenters. The zero-order valence-electron chi connectivity index (χ0n) is 15.6. The second-order valence-corrected chi connectivity index (χ2v) is 10.4. The number of benzene rings is 1. The molecule has 0 atom stereocenters. The van der Waals surface area contributed by atoms with Gasteiger partial charge in [0.05, 0.1) is 10.6 Å². The van der Waals surface area contributed by atoms with Crippen molar-refractivity contribution in [1.29, 1.82) is 0 Å². The molecule has 0 amide bonds. The number of nitrogen functional groups attached to an aromatic ring is 1. The predicted molar refractivity (Wildman–Crippen MR) is 107 cm³/mol. The van der Waals surface area contributed by atoms with E-state index in [1.54, 1.807) is 4.13 Å². The van der Waals surface area contributed by atoms with E-state index in [0.29, 0.717) is 12.1 Å². The molecule has 8 heteroatoms. The van der Waals surface area contributed by atoms with Gasteiger partial charge in [0.2, 0.25) is 10.0 Å². The molecule has 0 heterocycles. The van der Waals surface area contributed by atoms with Crippen LogP contribution in [0.2, 0.25) is 0 Å². The molecule has 3 N–H and O–H groups in total. The summed E-state index contributed by atoms with van der Waals surface area (Å²) in [6.45, 7) is 2.20. The quantitative estimate of drug-likeness (QED) is 0.362. The van der Waals surface area contributed by atoms with E-state index in [1.807, 2.05) is 0 Å². The highest BCUT2D eigenvalue weighted by molar-refractivity contribution is 8.04. The Morgan fingerprint density at radius 3 is 1.73 bits per heavy atom. The van der Waals surface area contributed by atoms with Gasteiger partial charge in [-0.25, -0.2) is 16.8 Å². The third-order valence-electron chi connectivity index (χ3n) is 4.19. The molecule has 0 bridgehead atoms. The zero-order valence-corrected chi connectivity index (χ0v) is 17.2. The summed E-state index contributed by atoms with van der Waals surface area (Å²) in [4.78, 5) is -0.113. The fourth-order valence-electron chi connectivity index (χ4n) is 2.68. The minimum atomic E-state index is -4.09. The van der Waals surface area contributed by atoms with Crippen molar-refractivity contribution in [2.45, 2.75) is 76.0 Å². The molecule has 150 valence electrons. The largest absolute Gasteiger partial charge is 0.399 e. The van der Waals surface area contributed by atoms with E-state index in [2.05, 4.69) is 6.92 Å². The van der Waals surface area contributed by atoms with E-state index < -0.39 is 20.0 Å². The van der Waals surface area contributed by atoms with Gasteiger partial charge >= 0.3 is 0 Å². The van der Waals surface area contributed by atoms with E-state index in [-0.39, 0.29) is 10.6 Å². The maximum atomic E-state index is 12.1. The summed E-state index contributed by atoms with van der Waals surface area (Å²) in [7, 11) is -7.97. The van der Waals surface area contributed by atoms with Gasteiger partial charge in [-0.2, -0.15) is 0 Å². The number of unbranched alkanes of at least 4 members (excludes halogenated alkanes) is 9. The van der Waals surface area contributed by atoms with Gasteiger partial charge in [0, 0.05) is 5.69 Å². The van der Waals surface area contributed by atoms with Crippen molar-refractivity contribution < 1.29 is 16.8 Å². The molecular weight excluding hydrogens is 372 g/mol. The molecule has 1 rings (SSSR count). The molecule has 0 fully saturated rings. The number of rotatable bonds is 14. The molecule has 0 aromatic heterocycles.